The molecule has 0 N–H and O–H groups in total. The van der Waals surface area contributed by atoms with E-state index in [4.69, 9.17) is 9.97 Å². The Kier molecular flexibility index (Phi) is 5.28. The summed E-state index contributed by atoms with van der Waals surface area (Å²) in [6, 6.07) is 42.3. The van der Waals surface area contributed by atoms with Gasteiger partial charge in [0.1, 0.15) is 5.82 Å². The summed E-state index contributed by atoms with van der Waals surface area (Å²) in [7, 11) is 2.08. The Hall–Kier alpha value is -5.55. The van der Waals surface area contributed by atoms with E-state index in [1.807, 2.05) is 30.5 Å². The second-order valence-electron chi connectivity index (χ2n) is 10.3. The first-order valence-corrected chi connectivity index (χ1v) is 13.7. The van der Waals surface area contributed by atoms with E-state index in [0.29, 0.717) is 0 Å². The fourth-order valence-corrected chi connectivity index (χ4v) is 5.87. The van der Waals surface area contributed by atoms with Crippen LogP contribution in [0.4, 0.5) is 0 Å². The molecule has 8 rings (SSSR count). The number of pyridine rings is 2. The number of fused-ring (bicyclic) bond motifs is 4. The Labute approximate surface area is 237 Å². The minimum Gasteiger partial charge on any atom is -0.327 e. The van der Waals surface area contributed by atoms with Crippen LogP contribution in [0, 0.1) is 0 Å². The highest BCUT2D eigenvalue weighted by atomic mass is 15.1. The van der Waals surface area contributed by atoms with Crippen molar-refractivity contribution in [1.29, 1.82) is 0 Å². The molecule has 194 valence electrons. The molecule has 0 saturated heterocycles. The standard InChI is InChI=1S/C36H25N5/c1-40-34-17-5-3-13-32(34)39-36(40)25-18-19-29-28-12-2-4-16-33(28)41(35(29)22-25)27-11-6-9-24(21-27)30-14-7-15-31(38-30)26-10-8-20-37-23-26/h2-23H,1H3. The van der Waals surface area contributed by atoms with Crippen LogP contribution in [0.3, 0.4) is 0 Å². The minimum absolute atomic E-state index is 0.907. The Morgan fingerprint density at radius 2 is 1.29 bits per heavy atom. The van der Waals surface area contributed by atoms with E-state index < -0.39 is 0 Å². The number of hydrogen-bond acceptors (Lipinski definition) is 3. The number of rotatable bonds is 4. The number of benzene rings is 4. The van der Waals surface area contributed by atoms with Gasteiger partial charge in [0.2, 0.25) is 0 Å². The summed E-state index contributed by atoms with van der Waals surface area (Å²) in [5, 5.41) is 2.44. The molecule has 5 nitrogen and oxygen atoms in total. The Bertz CT molecular complexity index is 2220. The van der Waals surface area contributed by atoms with Crippen LogP contribution in [-0.2, 0) is 7.05 Å². The molecular formula is C36H25N5. The zero-order chi connectivity index (χ0) is 27.3. The summed E-state index contributed by atoms with van der Waals surface area (Å²) in [6.07, 6.45) is 3.63. The van der Waals surface area contributed by atoms with Gasteiger partial charge >= 0.3 is 0 Å². The van der Waals surface area contributed by atoms with E-state index in [2.05, 4.69) is 118 Å². The highest BCUT2D eigenvalue weighted by Gasteiger charge is 2.16. The Morgan fingerprint density at radius 1 is 0.537 bits per heavy atom. The second kappa shape index (κ2) is 9.28. The molecular weight excluding hydrogens is 502 g/mol. The molecule has 41 heavy (non-hydrogen) atoms. The normalized spacial score (nSPS) is 11.5. The Morgan fingerprint density at radius 3 is 2.15 bits per heavy atom. The van der Waals surface area contributed by atoms with E-state index in [-0.39, 0.29) is 0 Å². The zero-order valence-corrected chi connectivity index (χ0v) is 22.4. The van der Waals surface area contributed by atoms with Gasteiger partial charge in [-0.25, -0.2) is 9.97 Å². The second-order valence-corrected chi connectivity index (χ2v) is 10.3. The van der Waals surface area contributed by atoms with E-state index in [1.165, 1.54) is 16.3 Å². The first kappa shape index (κ1) is 23.3. The molecule has 0 amide bonds. The molecule has 0 radical (unpaired) electrons. The van der Waals surface area contributed by atoms with E-state index in [9.17, 15) is 0 Å². The minimum atomic E-state index is 0.907. The van der Waals surface area contributed by atoms with Crippen LogP contribution >= 0.6 is 0 Å². The topological polar surface area (TPSA) is 48.5 Å². The predicted molar refractivity (Wildman–Crippen MR) is 167 cm³/mol. The van der Waals surface area contributed by atoms with Gasteiger partial charge in [-0.05, 0) is 60.7 Å². The lowest BCUT2D eigenvalue weighted by Crippen LogP contribution is -1.96. The number of nitrogens with zero attached hydrogens (tertiary/aromatic N) is 5. The number of aromatic nitrogens is 5. The number of para-hydroxylation sites is 3. The molecule has 5 heteroatoms. The van der Waals surface area contributed by atoms with Crippen molar-refractivity contribution in [2.75, 3.05) is 0 Å². The molecule has 0 aliphatic carbocycles. The third-order valence-electron chi connectivity index (χ3n) is 7.83. The first-order chi connectivity index (χ1) is 20.2. The molecule has 0 unspecified atom stereocenters. The average molecular weight is 528 g/mol. The van der Waals surface area contributed by atoms with Crippen LogP contribution in [0.5, 0.6) is 0 Å². The van der Waals surface area contributed by atoms with E-state index >= 15 is 0 Å². The monoisotopic (exact) mass is 527 g/mol. The largest absolute Gasteiger partial charge is 0.327 e. The van der Waals surface area contributed by atoms with Crippen LogP contribution in [0.1, 0.15) is 0 Å². The summed E-state index contributed by atoms with van der Waals surface area (Å²) in [5.41, 5.74) is 10.5. The molecule has 0 saturated carbocycles. The fourth-order valence-electron chi connectivity index (χ4n) is 5.87. The molecule has 0 bridgehead atoms. The van der Waals surface area contributed by atoms with Gasteiger partial charge in [-0.3, -0.25) is 4.98 Å². The van der Waals surface area contributed by atoms with Crippen molar-refractivity contribution in [2.24, 2.45) is 7.05 Å². The molecule has 0 spiro atoms. The molecule has 4 heterocycles. The van der Waals surface area contributed by atoms with Crippen molar-refractivity contribution >= 4 is 32.8 Å². The van der Waals surface area contributed by atoms with Crippen LogP contribution in [0.25, 0.3) is 72.4 Å². The smallest absolute Gasteiger partial charge is 0.140 e. The maximum Gasteiger partial charge on any atom is 0.140 e. The van der Waals surface area contributed by atoms with Crippen molar-refractivity contribution in [3.8, 4) is 39.6 Å². The van der Waals surface area contributed by atoms with Crippen molar-refractivity contribution in [3.63, 3.8) is 0 Å². The number of imidazole rings is 1. The summed E-state index contributed by atoms with van der Waals surface area (Å²) in [4.78, 5) is 14.2. The number of hydrogen-bond donors (Lipinski definition) is 0. The van der Waals surface area contributed by atoms with Crippen molar-refractivity contribution in [1.82, 2.24) is 24.1 Å². The van der Waals surface area contributed by atoms with Gasteiger partial charge < -0.3 is 9.13 Å². The summed E-state index contributed by atoms with van der Waals surface area (Å²) in [6.45, 7) is 0. The summed E-state index contributed by atoms with van der Waals surface area (Å²) < 4.78 is 4.52. The molecule has 0 aliphatic heterocycles. The summed E-state index contributed by atoms with van der Waals surface area (Å²) >= 11 is 0. The molecule has 0 fully saturated rings. The van der Waals surface area contributed by atoms with Crippen molar-refractivity contribution < 1.29 is 0 Å². The van der Waals surface area contributed by atoms with Gasteiger partial charge in [-0.15, -0.1) is 0 Å². The van der Waals surface area contributed by atoms with Crippen LogP contribution in [0.2, 0.25) is 0 Å². The van der Waals surface area contributed by atoms with Crippen LogP contribution < -0.4 is 0 Å². The fraction of sp³-hybridized carbons (Fsp3) is 0.0278. The highest BCUT2D eigenvalue weighted by Crippen LogP contribution is 2.36. The lowest BCUT2D eigenvalue weighted by molar-refractivity contribution is 0.959. The van der Waals surface area contributed by atoms with Gasteiger partial charge in [-0.1, -0.05) is 60.7 Å². The lowest BCUT2D eigenvalue weighted by Gasteiger charge is -2.11. The van der Waals surface area contributed by atoms with Gasteiger partial charge in [0.15, 0.2) is 0 Å². The lowest BCUT2D eigenvalue weighted by atomic mass is 10.1. The SMILES string of the molecule is Cn1c(-c2ccc3c4ccccc4n(-c4cccc(-c5cccc(-c6cccnc6)n5)c4)c3c2)nc2ccccc21. The zero-order valence-electron chi connectivity index (χ0n) is 22.4. The number of aryl methyl sites for hydroxylation is 1. The molecule has 8 aromatic rings. The van der Waals surface area contributed by atoms with Crippen molar-refractivity contribution in [2.45, 2.75) is 0 Å². The average Bonchev–Trinajstić information content (AvgIpc) is 3.56. The van der Waals surface area contributed by atoms with E-state index in [1.54, 1.807) is 6.20 Å². The third kappa shape index (κ3) is 3.82. The van der Waals surface area contributed by atoms with Gasteiger partial charge in [0.25, 0.3) is 0 Å². The maximum absolute atomic E-state index is 4.98. The molecule has 4 aromatic carbocycles. The first-order valence-electron chi connectivity index (χ1n) is 13.7. The Balaban J connectivity index is 1.31. The molecule has 0 atom stereocenters. The predicted octanol–water partition coefficient (Wildman–Crippen LogP) is 8.46. The molecule has 0 aliphatic rings. The molecule has 4 aromatic heterocycles. The maximum atomic E-state index is 4.98. The van der Waals surface area contributed by atoms with Gasteiger partial charge in [0.05, 0.1) is 33.5 Å². The van der Waals surface area contributed by atoms with Crippen LogP contribution in [0.15, 0.2) is 134 Å². The van der Waals surface area contributed by atoms with Crippen LogP contribution in [-0.4, -0.2) is 24.1 Å². The van der Waals surface area contributed by atoms with Gasteiger partial charge in [-0.2, -0.15) is 0 Å². The van der Waals surface area contributed by atoms with Gasteiger partial charge in [0, 0.05) is 52.6 Å². The quantitative estimate of drug-likeness (QED) is 0.231. The van der Waals surface area contributed by atoms with E-state index in [0.717, 1.165) is 56.1 Å². The highest BCUT2D eigenvalue weighted by molar-refractivity contribution is 6.10. The van der Waals surface area contributed by atoms with Crippen molar-refractivity contribution in [3.05, 3.63) is 134 Å². The summed E-state index contributed by atoms with van der Waals surface area (Å²) in [5.74, 6) is 0.954. The third-order valence-corrected chi connectivity index (χ3v) is 7.83.